The Hall–Kier alpha value is -1.91. The van der Waals surface area contributed by atoms with Gasteiger partial charge in [-0.3, -0.25) is 9.78 Å². The molecule has 1 aromatic rings. The van der Waals surface area contributed by atoms with Crippen LogP contribution >= 0.6 is 0 Å². The topological polar surface area (TPSA) is 70.5 Å². The summed E-state index contributed by atoms with van der Waals surface area (Å²) >= 11 is 0. The third kappa shape index (κ3) is 2.45. The number of nitrogens with zero attached hydrogens (tertiary/aromatic N) is 2. The van der Waals surface area contributed by atoms with E-state index in [9.17, 15) is 14.7 Å². The van der Waals surface area contributed by atoms with E-state index in [0.29, 0.717) is 18.5 Å². The minimum Gasteiger partial charge on any atom is -0.480 e. The molecule has 0 saturated carbocycles. The molecule has 2 heterocycles. The highest BCUT2D eigenvalue weighted by molar-refractivity contribution is 5.97. The molecule has 1 fully saturated rings. The normalized spacial score (nSPS) is 23.2. The standard InChI is InChI=1S/C14H18N2O3/c1-10-7-11(9-15-8-10)12(17)16-6-4-3-5-14(16,2)13(18)19/h7-9H,3-6H2,1-2H3,(H,18,19). The summed E-state index contributed by atoms with van der Waals surface area (Å²) in [6.07, 6.45) is 5.33. The van der Waals surface area contributed by atoms with Crippen molar-refractivity contribution in [3.8, 4) is 0 Å². The summed E-state index contributed by atoms with van der Waals surface area (Å²) in [6.45, 7) is 3.96. The largest absolute Gasteiger partial charge is 0.480 e. The van der Waals surface area contributed by atoms with Crippen LogP contribution in [0.2, 0.25) is 0 Å². The molecule has 102 valence electrons. The van der Waals surface area contributed by atoms with Gasteiger partial charge < -0.3 is 10.0 Å². The van der Waals surface area contributed by atoms with Gasteiger partial charge in [0.25, 0.3) is 5.91 Å². The van der Waals surface area contributed by atoms with Crippen molar-refractivity contribution in [2.24, 2.45) is 0 Å². The van der Waals surface area contributed by atoms with Crippen LogP contribution in [0, 0.1) is 6.92 Å². The van der Waals surface area contributed by atoms with E-state index in [1.165, 1.54) is 11.1 Å². The quantitative estimate of drug-likeness (QED) is 0.883. The van der Waals surface area contributed by atoms with E-state index < -0.39 is 11.5 Å². The summed E-state index contributed by atoms with van der Waals surface area (Å²) in [5, 5.41) is 9.41. The van der Waals surface area contributed by atoms with Crippen LogP contribution in [0.15, 0.2) is 18.5 Å². The molecule has 1 saturated heterocycles. The van der Waals surface area contributed by atoms with Crippen LogP contribution in [0.5, 0.6) is 0 Å². The molecule has 0 spiro atoms. The van der Waals surface area contributed by atoms with Crippen molar-refractivity contribution >= 4 is 11.9 Å². The number of piperidine rings is 1. The van der Waals surface area contributed by atoms with Crippen molar-refractivity contribution in [2.45, 2.75) is 38.6 Å². The SMILES string of the molecule is Cc1cncc(C(=O)N2CCCCC2(C)C(=O)O)c1. The fourth-order valence-corrected chi connectivity index (χ4v) is 2.50. The number of aliphatic carboxylic acids is 1. The Balaban J connectivity index is 2.33. The lowest BCUT2D eigenvalue weighted by Crippen LogP contribution is -2.57. The Morgan fingerprint density at radius 2 is 2.11 bits per heavy atom. The summed E-state index contributed by atoms with van der Waals surface area (Å²) in [7, 11) is 0. The Morgan fingerprint density at radius 1 is 1.37 bits per heavy atom. The first-order chi connectivity index (χ1) is 8.95. The summed E-state index contributed by atoms with van der Waals surface area (Å²) in [6, 6.07) is 1.74. The summed E-state index contributed by atoms with van der Waals surface area (Å²) in [5.41, 5.74) is 0.230. The maximum atomic E-state index is 12.5. The molecule has 1 aliphatic rings. The first-order valence-corrected chi connectivity index (χ1v) is 6.42. The molecular weight excluding hydrogens is 244 g/mol. The van der Waals surface area contributed by atoms with Gasteiger partial charge >= 0.3 is 5.97 Å². The lowest BCUT2D eigenvalue weighted by molar-refractivity contribution is -0.150. The average molecular weight is 262 g/mol. The number of carbonyl (C=O) groups is 2. The zero-order valence-corrected chi connectivity index (χ0v) is 11.2. The molecule has 0 aliphatic carbocycles. The first-order valence-electron chi connectivity index (χ1n) is 6.42. The van der Waals surface area contributed by atoms with Crippen LogP contribution in [-0.2, 0) is 4.79 Å². The van der Waals surface area contributed by atoms with Crippen molar-refractivity contribution in [2.75, 3.05) is 6.54 Å². The second-order valence-corrected chi connectivity index (χ2v) is 5.24. The minimum atomic E-state index is -1.11. The molecule has 0 bridgehead atoms. The van der Waals surface area contributed by atoms with Crippen LogP contribution < -0.4 is 0 Å². The molecule has 5 heteroatoms. The van der Waals surface area contributed by atoms with Gasteiger partial charge in [0, 0.05) is 18.9 Å². The molecule has 0 radical (unpaired) electrons. The molecule has 5 nitrogen and oxygen atoms in total. The van der Waals surface area contributed by atoms with E-state index in [4.69, 9.17) is 0 Å². The Kier molecular flexibility index (Phi) is 3.55. The molecule has 1 aromatic heterocycles. The lowest BCUT2D eigenvalue weighted by Gasteiger charge is -2.41. The molecule has 2 rings (SSSR count). The van der Waals surface area contributed by atoms with Crippen molar-refractivity contribution in [3.05, 3.63) is 29.6 Å². The number of carbonyl (C=O) groups excluding carboxylic acids is 1. The third-order valence-corrected chi connectivity index (χ3v) is 3.72. The van der Waals surface area contributed by atoms with Gasteiger partial charge in [0.2, 0.25) is 0 Å². The van der Waals surface area contributed by atoms with Gasteiger partial charge in [-0.15, -0.1) is 0 Å². The van der Waals surface area contributed by atoms with Crippen molar-refractivity contribution < 1.29 is 14.7 Å². The number of pyridine rings is 1. The predicted octanol–water partition coefficient (Wildman–Crippen LogP) is 1.86. The number of aromatic nitrogens is 1. The molecule has 0 aromatic carbocycles. The maximum absolute atomic E-state index is 12.5. The van der Waals surface area contributed by atoms with E-state index in [0.717, 1.165) is 18.4 Å². The Morgan fingerprint density at radius 3 is 2.74 bits per heavy atom. The highest BCUT2D eigenvalue weighted by Crippen LogP contribution is 2.29. The highest BCUT2D eigenvalue weighted by atomic mass is 16.4. The molecule has 1 aliphatic heterocycles. The number of aryl methyl sites for hydroxylation is 1. The number of hydrogen-bond donors (Lipinski definition) is 1. The summed E-state index contributed by atoms with van der Waals surface area (Å²) in [4.78, 5) is 29.4. The summed E-state index contributed by atoms with van der Waals surface area (Å²) < 4.78 is 0. The van der Waals surface area contributed by atoms with Crippen molar-refractivity contribution in [1.29, 1.82) is 0 Å². The maximum Gasteiger partial charge on any atom is 0.329 e. The zero-order chi connectivity index (χ0) is 14.0. The van der Waals surface area contributed by atoms with Gasteiger partial charge in [0.05, 0.1) is 5.56 Å². The van der Waals surface area contributed by atoms with E-state index in [1.54, 1.807) is 19.2 Å². The fourth-order valence-electron chi connectivity index (χ4n) is 2.50. The molecule has 1 N–H and O–H groups in total. The number of likely N-dealkylation sites (tertiary alicyclic amines) is 1. The third-order valence-electron chi connectivity index (χ3n) is 3.72. The lowest BCUT2D eigenvalue weighted by atomic mass is 9.88. The zero-order valence-electron chi connectivity index (χ0n) is 11.2. The van der Waals surface area contributed by atoms with Gasteiger partial charge in [-0.05, 0) is 44.7 Å². The number of amides is 1. The van der Waals surface area contributed by atoms with Gasteiger partial charge in [-0.1, -0.05) is 0 Å². The van der Waals surface area contributed by atoms with E-state index in [-0.39, 0.29) is 5.91 Å². The Bertz CT molecular complexity index is 515. The van der Waals surface area contributed by atoms with Gasteiger partial charge in [0.15, 0.2) is 0 Å². The van der Waals surface area contributed by atoms with Crippen LogP contribution in [0.4, 0.5) is 0 Å². The molecule has 1 amide bonds. The molecular formula is C14H18N2O3. The number of rotatable bonds is 2. The number of carboxylic acids is 1. The van der Waals surface area contributed by atoms with E-state index in [2.05, 4.69) is 4.98 Å². The van der Waals surface area contributed by atoms with Crippen LogP contribution in [0.3, 0.4) is 0 Å². The van der Waals surface area contributed by atoms with Crippen LogP contribution in [0.1, 0.15) is 42.1 Å². The van der Waals surface area contributed by atoms with Crippen molar-refractivity contribution in [3.63, 3.8) is 0 Å². The van der Waals surface area contributed by atoms with Crippen LogP contribution in [-0.4, -0.2) is 39.0 Å². The summed E-state index contributed by atoms with van der Waals surface area (Å²) in [5.74, 6) is -1.19. The molecule has 1 atom stereocenters. The first kappa shape index (κ1) is 13.5. The minimum absolute atomic E-state index is 0.249. The molecule has 19 heavy (non-hydrogen) atoms. The highest BCUT2D eigenvalue weighted by Gasteiger charge is 2.44. The van der Waals surface area contributed by atoms with E-state index in [1.807, 2.05) is 6.92 Å². The molecule has 1 unspecified atom stereocenters. The van der Waals surface area contributed by atoms with E-state index >= 15 is 0 Å². The van der Waals surface area contributed by atoms with Gasteiger partial charge in [-0.25, -0.2) is 4.79 Å². The van der Waals surface area contributed by atoms with Gasteiger partial charge in [-0.2, -0.15) is 0 Å². The number of carboxylic acid groups (broad SMARTS) is 1. The second-order valence-electron chi connectivity index (χ2n) is 5.24. The monoisotopic (exact) mass is 262 g/mol. The predicted molar refractivity (Wildman–Crippen MR) is 69.9 cm³/mol. The number of hydrogen-bond acceptors (Lipinski definition) is 3. The fraction of sp³-hybridized carbons (Fsp3) is 0.500. The van der Waals surface area contributed by atoms with Crippen molar-refractivity contribution in [1.82, 2.24) is 9.88 Å². The second kappa shape index (κ2) is 4.99. The van der Waals surface area contributed by atoms with Gasteiger partial charge in [0.1, 0.15) is 5.54 Å². The Labute approximate surface area is 112 Å². The average Bonchev–Trinajstić information content (AvgIpc) is 2.38. The smallest absolute Gasteiger partial charge is 0.329 e. The van der Waals surface area contributed by atoms with Crippen LogP contribution in [0.25, 0.3) is 0 Å².